The summed E-state index contributed by atoms with van der Waals surface area (Å²) >= 11 is 0. The molecule has 7 atom stereocenters. The molecule has 7 unspecified atom stereocenters. The summed E-state index contributed by atoms with van der Waals surface area (Å²) < 4.78 is 0. The molecule has 0 aromatic rings. The van der Waals surface area contributed by atoms with E-state index in [0.29, 0.717) is 13.0 Å². The highest BCUT2D eigenvalue weighted by atomic mass is 16.4. The van der Waals surface area contributed by atoms with Gasteiger partial charge in [0.05, 0.1) is 24.4 Å². The number of aliphatic hydroxyl groups is 3. The molecule has 1 fully saturated rings. The number of carbonyl (C=O) groups is 4. The number of carbonyl (C=O) groups excluding carboxylic acids is 3. The number of hydrogen-bond donors (Lipinski definition) is 8. The number of aliphatic carboxylic acids is 1. The van der Waals surface area contributed by atoms with Crippen LogP contribution in [0.3, 0.4) is 0 Å². The van der Waals surface area contributed by atoms with Crippen LogP contribution < -0.4 is 21.3 Å². The van der Waals surface area contributed by atoms with Crippen molar-refractivity contribution in [3.63, 3.8) is 0 Å². The summed E-state index contributed by atoms with van der Waals surface area (Å²) in [6.45, 7) is 4.28. The van der Waals surface area contributed by atoms with Crippen LogP contribution >= 0.6 is 0 Å². The summed E-state index contributed by atoms with van der Waals surface area (Å²) in [6, 6.07) is -5.12. The normalized spacial score (nSPS) is 22.5. The van der Waals surface area contributed by atoms with Gasteiger partial charge in [0.1, 0.15) is 12.1 Å². The topological polar surface area (TPSA) is 197 Å². The van der Waals surface area contributed by atoms with E-state index in [1.165, 1.54) is 13.8 Å². The molecule has 8 N–H and O–H groups in total. The molecule has 0 bridgehead atoms. The average molecular weight is 418 g/mol. The fourth-order valence-electron chi connectivity index (χ4n) is 2.85. The van der Waals surface area contributed by atoms with Gasteiger partial charge in [-0.3, -0.25) is 14.4 Å². The van der Waals surface area contributed by atoms with Crippen LogP contribution in [0.1, 0.15) is 33.6 Å². The number of hydrogen-bond acceptors (Lipinski definition) is 8. The predicted octanol–water partition coefficient (Wildman–Crippen LogP) is -3.58. The highest BCUT2D eigenvalue weighted by Gasteiger charge is 2.35. The quantitative estimate of drug-likeness (QED) is 0.177. The number of nitrogens with one attached hydrogen (secondary N) is 4. The minimum atomic E-state index is -1.65. The molecule has 1 aliphatic rings. The van der Waals surface area contributed by atoms with Crippen LogP contribution in [0.2, 0.25) is 0 Å². The zero-order valence-corrected chi connectivity index (χ0v) is 16.6. The molecule has 0 radical (unpaired) electrons. The van der Waals surface area contributed by atoms with Gasteiger partial charge in [0, 0.05) is 0 Å². The van der Waals surface area contributed by atoms with Crippen LogP contribution in [0.25, 0.3) is 0 Å². The van der Waals surface area contributed by atoms with Crippen molar-refractivity contribution in [1.29, 1.82) is 0 Å². The van der Waals surface area contributed by atoms with Crippen LogP contribution in [0, 0.1) is 0 Å². The lowest BCUT2D eigenvalue weighted by Crippen LogP contribution is -2.62. The first kappa shape index (κ1) is 24.8. The van der Waals surface area contributed by atoms with Gasteiger partial charge in [-0.1, -0.05) is 0 Å². The van der Waals surface area contributed by atoms with Gasteiger partial charge in [0.25, 0.3) is 0 Å². The Morgan fingerprint density at radius 3 is 1.66 bits per heavy atom. The largest absolute Gasteiger partial charge is 0.480 e. The maximum absolute atomic E-state index is 12.5. The van der Waals surface area contributed by atoms with Gasteiger partial charge in [-0.05, 0) is 40.2 Å². The SMILES string of the molecule is CC(O)C(NC(=O)C(NC(=O)C(NC(=O)C1CCCN1)C(C)O)C(C)O)C(=O)O. The second kappa shape index (κ2) is 11.0. The van der Waals surface area contributed by atoms with E-state index in [9.17, 15) is 34.5 Å². The lowest BCUT2D eigenvalue weighted by molar-refractivity contribution is -0.146. The molecule has 29 heavy (non-hydrogen) atoms. The second-order valence-electron chi connectivity index (χ2n) is 7.17. The Morgan fingerprint density at radius 1 is 0.828 bits per heavy atom. The van der Waals surface area contributed by atoms with Gasteiger partial charge >= 0.3 is 5.97 Å². The van der Waals surface area contributed by atoms with E-state index in [4.69, 9.17) is 5.11 Å². The highest BCUT2D eigenvalue weighted by molar-refractivity contribution is 5.94. The molecule has 1 saturated heterocycles. The summed E-state index contributed by atoms with van der Waals surface area (Å²) in [6.07, 6.45) is -2.78. The van der Waals surface area contributed by atoms with E-state index < -0.39 is 66.2 Å². The Kier molecular flexibility index (Phi) is 9.43. The van der Waals surface area contributed by atoms with E-state index in [1.54, 1.807) is 0 Å². The van der Waals surface area contributed by atoms with Gasteiger partial charge in [-0.15, -0.1) is 0 Å². The number of rotatable bonds is 10. The van der Waals surface area contributed by atoms with Crippen LogP contribution in [-0.4, -0.2) is 93.1 Å². The number of amides is 3. The Labute approximate surface area is 168 Å². The zero-order chi connectivity index (χ0) is 22.3. The monoisotopic (exact) mass is 418 g/mol. The van der Waals surface area contributed by atoms with Crippen molar-refractivity contribution in [3.8, 4) is 0 Å². The molecule has 3 amide bonds. The van der Waals surface area contributed by atoms with Crippen molar-refractivity contribution in [2.24, 2.45) is 0 Å². The third-order valence-electron chi connectivity index (χ3n) is 4.55. The Hall–Kier alpha value is -2.28. The van der Waals surface area contributed by atoms with Crippen LogP contribution in [-0.2, 0) is 19.2 Å². The summed E-state index contributed by atoms with van der Waals surface area (Å²) in [5.41, 5.74) is 0. The maximum atomic E-state index is 12.5. The zero-order valence-electron chi connectivity index (χ0n) is 16.6. The van der Waals surface area contributed by atoms with Crippen LogP contribution in [0.5, 0.6) is 0 Å². The van der Waals surface area contributed by atoms with Crippen molar-refractivity contribution in [2.75, 3.05) is 6.54 Å². The molecule has 12 heteroatoms. The van der Waals surface area contributed by atoms with Crippen LogP contribution in [0.15, 0.2) is 0 Å². The second-order valence-corrected chi connectivity index (χ2v) is 7.17. The van der Waals surface area contributed by atoms with E-state index in [-0.39, 0.29) is 0 Å². The third kappa shape index (κ3) is 7.24. The first-order valence-corrected chi connectivity index (χ1v) is 9.37. The van der Waals surface area contributed by atoms with Crippen molar-refractivity contribution in [1.82, 2.24) is 21.3 Å². The number of aliphatic hydroxyl groups excluding tert-OH is 3. The molecule has 1 rings (SSSR count). The highest BCUT2D eigenvalue weighted by Crippen LogP contribution is 2.06. The molecule has 1 aliphatic heterocycles. The molecular weight excluding hydrogens is 388 g/mol. The van der Waals surface area contributed by atoms with E-state index in [1.807, 2.05) is 5.32 Å². The summed E-state index contributed by atoms with van der Waals surface area (Å²) in [5.74, 6) is -3.96. The molecule has 0 saturated carbocycles. The number of carboxylic acid groups (broad SMARTS) is 1. The molecule has 0 aromatic heterocycles. The Bertz CT molecular complexity index is 604. The minimum absolute atomic E-state index is 0.485. The average Bonchev–Trinajstić information content (AvgIpc) is 3.15. The fourth-order valence-corrected chi connectivity index (χ4v) is 2.85. The first-order chi connectivity index (χ1) is 13.5. The van der Waals surface area contributed by atoms with E-state index in [2.05, 4.69) is 16.0 Å². The van der Waals surface area contributed by atoms with Gasteiger partial charge in [-0.25, -0.2) is 4.79 Å². The fraction of sp³-hybridized carbons (Fsp3) is 0.765. The lowest BCUT2D eigenvalue weighted by Gasteiger charge is -2.28. The van der Waals surface area contributed by atoms with Gasteiger partial charge in [-0.2, -0.15) is 0 Å². The molecule has 0 aromatic carbocycles. The summed E-state index contributed by atoms with van der Waals surface area (Å²) in [5, 5.41) is 47.8. The van der Waals surface area contributed by atoms with Crippen molar-refractivity contribution in [2.45, 2.75) is 76.1 Å². The summed E-state index contributed by atoms with van der Waals surface area (Å²) in [4.78, 5) is 48.2. The van der Waals surface area contributed by atoms with Gasteiger partial charge in [0.2, 0.25) is 17.7 Å². The van der Waals surface area contributed by atoms with Gasteiger partial charge in [0.15, 0.2) is 6.04 Å². The molecule has 1 heterocycles. The lowest BCUT2D eigenvalue weighted by atomic mass is 10.1. The smallest absolute Gasteiger partial charge is 0.328 e. The van der Waals surface area contributed by atoms with Crippen molar-refractivity contribution >= 4 is 23.7 Å². The van der Waals surface area contributed by atoms with Crippen LogP contribution in [0.4, 0.5) is 0 Å². The predicted molar refractivity (Wildman–Crippen MR) is 99.5 cm³/mol. The summed E-state index contributed by atoms with van der Waals surface area (Å²) in [7, 11) is 0. The Morgan fingerprint density at radius 2 is 1.28 bits per heavy atom. The molecular formula is C17H30N4O8. The molecule has 166 valence electrons. The molecule has 0 spiro atoms. The first-order valence-electron chi connectivity index (χ1n) is 9.37. The third-order valence-corrected chi connectivity index (χ3v) is 4.55. The van der Waals surface area contributed by atoms with Gasteiger partial charge < -0.3 is 41.7 Å². The van der Waals surface area contributed by atoms with E-state index >= 15 is 0 Å². The molecule has 0 aliphatic carbocycles. The van der Waals surface area contributed by atoms with Crippen molar-refractivity contribution in [3.05, 3.63) is 0 Å². The minimum Gasteiger partial charge on any atom is -0.480 e. The standard InChI is InChI=1S/C17H30N4O8/c1-7(22)11(19-14(25)10-5-4-6-18-10)15(26)20-12(8(2)23)16(27)21-13(9(3)24)17(28)29/h7-13,18,22-24H,4-6H2,1-3H3,(H,19,25)(H,20,26)(H,21,27)(H,28,29). The van der Waals surface area contributed by atoms with Crippen molar-refractivity contribution < 1.29 is 39.6 Å². The van der Waals surface area contributed by atoms with E-state index in [0.717, 1.165) is 13.3 Å². The maximum Gasteiger partial charge on any atom is 0.328 e. The Balaban J connectivity index is 2.85. The molecule has 12 nitrogen and oxygen atoms in total. The number of carboxylic acids is 1.